The van der Waals surface area contributed by atoms with Crippen LogP contribution in [0.3, 0.4) is 0 Å². The van der Waals surface area contributed by atoms with Crippen molar-refractivity contribution >= 4 is 0 Å². The van der Waals surface area contributed by atoms with Crippen LogP contribution in [0.15, 0.2) is 18.2 Å². The van der Waals surface area contributed by atoms with Gasteiger partial charge in [-0.05, 0) is 62.7 Å². The van der Waals surface area contributed by atoms with E-state index in [1.54, 1.807) is 0 Å². The van der Waals surface area contributed by atoms with Gasteiger partial charge in [0.1, 0.15) is 12.4 Å². The normalized spacial score (nSPS) is 20.5. The summed E-state index contributed by atoms with van der Waals surface area (Å²) in [6.07, 6.45) is 3.87. The van der Waals surface area contributed by atoms with Gasteiger partial charge < -0.3 is 9.64 Å². The summed E-state index contributed by atoms with van der Waals surface area (Å²) < 4.78 is 5.91. The van der Waals surface area contributed by atoms with Crippen molar-refractivity contribution in [3.05, 3.63) is 29.3 Å². The first-order chi connectivity index (χ1) is 9.31. The molecule has 0 amide bonds. The molecule has 1 aromatic carbocycles. The van der Waals surface area contributed by atoms with Crippen LogP contribution in [-0.4, -0.2) is 49.6 Å². The molecule has 104 valence electrons. The van der Waals surface area contributed by atoms with Gasteiger partial charge in [-0.3, -0.25) is 4.90 Å². The summed E-state index contributed by atoms with van der Waals surface area (Å²) in [5.74, 6) is 1.04. The summed E-state index contributed by atoms with van der Waals surface area (Å²) in [4.78, 5) is 4.86. The second kappa shape index (κ2) is 5.93. The molecule has 0 atom stereocenters. The maximum Gasteiger partial charge on any atom is 0.119 e. The van der Waals surface area contributed by atoms with E-state index in [0.717, 1.165) is 25.4 Å². The van der Waals surface area contributed by atoms with E-state index in [9.17, 15) is 0 Å². The minimum absolute atomic E-state index is 0.814. The molecule has 0 bridgehead atoms. The Morgan fingerprint density at radius 1 is 1.11 bits per heavy atom. The topological polar surface area (TPSA) is 15.7 Å². The van der Waals surface area contributed by atoms with Crippen LogP contribution in [0.2, 0.25) is 0 Å². The molecular formula is C16H24N2O. The van der Waals surface area contributed by atoms with Gasteiger partial charge in [-0.2, -0.15) is 0 Å². The van der Waals surface area contributed by atoms with Crippen molar-refractivity contribution in [2.75, 3.05) is 39.8 Å². The van der Waals surface area contributed by atoms with Crippen LogP contribution in [0, 0.1) is 0 Å². The van der Waals surface area contributed by atoms with Crippen molar-refractivity contribution in [1.29, 1.82) is 0 Å². The summed E-state index contributed by atoms with van der Waals surface area (Å²) in [6, 6.07) is 6.61. The molecule has 3 nitrogen and oxygen atoms in total. The maximum atomic E-state index is 5.91. The second-order valence-electron chi connectivity index (χ2n) is 5.82. The molecule has 3 rings (SSSR count). The molecule has 1 saturated heterocycles. The zero-order valence-electron chi connectivity index (χ0n) is 11.9. The molecule has 1 aromatic rings. The van der Waals surface area contributed by atoms with Crippen LogP contribution >= 0.6 is 0 Å². The molecule has 2 heterocycles. The van der Waals surface area contributed by atoms with E-state index in [2.05, 4.69) is 35.0 Å². The van der Waals surface area contributed by atoms with Crippen molar-refractivity contribution in [3.63, 3.8) is 0 Å². The van der Waals surface area contributed by atoms with Crippen molar-refractivity contribution in [2.45, 2.75) is 25.8 Å². The quantitative estimate of drug-likeness (QED) is 0.825. The van der Waals surface area contributed by atoms with Crippen LogP contribution in [0.4, 0.5) is 0 Å². The van der Waals surface area contributed by atoms with Crippen LogP contribution in [-0.2, 0) is 13.0 Å². The number of hydrogen-bond donors (Lipinski definition) is 0. The molecule has 0 spiro atoms. The number of ether oxygens (including phenoxy) is 1. The Balaban J connectivity index is 1.54. The molecule has 0 N–H and O–H groups in total. The highest BCUT2D eigenvalue weighted by molar-refractivity contribution is 5.37. The second-order valence-corrected chi connectivity index (χ2v) is 5.82. The Bertz CT molecular complexity index is 427. The van der Waals surface area contributed by atoms with Crippen molar-refractivity contribution in [1.82, 2.24) is 9.80 Å². The lowest BCUT2D eigenvalue weighted by Gasteiger charge is -2.25. The predicted molar refractivity (Wildman–Crippen MR) is 77.6 cm³/mol. The van der Waals surface area contributed by atoms with E-state index >= 15 is 0 Å². The van der Waals surface area contributed by atoms with Crippen molar-refractivity contribution in [2.24, 2.45) is 0 Å². The molecule has 0 radical (unpaired) electrons. The zero-order chi connectivity index (χ0) is 13.1. The van der Waals surface area contributed by atoms with Gasteiger partial charge in [0.15, 0.2) is 0 Å². The van der Waals surface area contributed by atoms with Gasteiger partial charge in [0, 0.05) is 19.6 Å². The van der Waals surface area contributed by atoms with Crippen LogP contribution in [0.1, 0.15) is 24.0 Å². The Kier molecular flexibility index (Phi) is 4.04. The summed E-state index contributed by atoms with van der Waals surface area (Å²) in [6.45, 7) is 6.60. The number of benzene rings is 1. The molecule has 2 aliphatic heterocycles. The van der Waals surface area contributed by atoms with Gasteiger partial charge in [0.25, 0.3) is 0 Å². The standard InChI is InChI=1S/C16H24N2O/c1-17-9-6-14-4-5-16(12-15(14)13-17)19-11-10-18-7-2-3-8-18/h4-5,12H,2-3,6-11,13H2,1H3. The third-order valence-corrected chi connectivity index (χ3v) is 4.26. The Labute approximate surface area is 116 Å². The Morgan fingerprint density at radius 3 is 2.79 bits per heavy atom. The average molecular weight is 260 g/mol. The summed E-state index contributed by atoms with van der Waals surface area (Å²) in [7, 11) is 2.18. The Hall–Kier alpha value is -1.06. The van der Waals surface area contributed by atoms with E-state index in [-0.39, 0.29) is 0 Å². The monoisotopic (exact) mass is 260 g/mol. The number of hydrogen-bond acceptors (Lipinski definition) is 3. The third kappa shape index (κ3) is 3.28. The highest BCUT2D eigenvalue weighted by Gasteiger charge is 2.14. The molecule has 2 aliphatic rings. The minimum atomic E-state index is 0.814. The first-order valence-electron chi connectivity index (χ1n) is 7.47. The van der Waals surface area contributed by atoms with Gasteiger partial charge in [-0.25, -0.2) is 0 Å². The van der Waals surface area contributed by atoms with Gasteiger partial charge in [-0.1, -0.05) is 6.07 Å². The molecule has 0 unspecified atom stereocenters. The number of likely N-dealkylation sites (N-methyl/N-ethyl adjacent to an activating group) is 1. The minimum Gasteiger partial charge on any atom is -0.492 e. The molecule has 3 heteroatoms. The predicted octanol–water partition coefficient (Wildman–Crippen LogP) is 2.15. The smallest absolute Gasteiger partial charge is 0.119 e. The molecule has 1 fully saturated rings. The van der Waals surface area contributed by atoms with Crippen LogP contribution in [0.25, 0.3) is 0 Å². The highest BCUT2D eigenvalue weighted by atomic mass is 16.5. The van der Waals surface area contributed by atoms with Crippen LogP contribution < -0.4 is 4.74 Å². The highest BCUT2D eigenvalue weighted by Crippen LogP contribution is 2.23. The van der Waals surface area contributed by atoms with Gasteiger partial charge in [0.05, 0.1) is 0 Å². The first kappa shape index (κ1) is 12.9. The van der Waals surface area contributed by atoms with E-state index < -0.39 is 0 Å². The number of rotatable bonds is 4. The number of fused-ring (bicyclic) bond motifs is 1. The van der Waals surface area contributed by atoms with Gasteiger partial charge in [0.2, 0.25) is 0 Å². The Morgan fingerprint density at radius 2 is 1.95 bits per heavy atom. The average Bonchev–Trinajstić information content (AvgIpc) is 2.91. The van der Waals surface area contributed by atoms with Gasteiger partial charge >= 0.3 is 0 Å². The van der Waals surface area contributed by atoms with Crippen molar-refractivity contribution < 1.29 is 4.74 Å². The SMILES string of the molecule is CN1CCc2ccc(OCCN3CCCC3)cc2C1. The van der Waals surface area contributed by atoms with E-state index in [4.69, 9.17) is 4.74 Å². The molecule has 0 aliphatic carbocycles. The van der Waals surface area contributed by atoms with Gasteiger partial charge in [-0.15, -0.1) is 0 Å². The van der Waals surface area contributed by atoms with E-state index in [0.29, 0.717) is 0 Å². The fourth-order valence-electron chi connectivity index (χ4n) is 3.06. The molecule has 0 saturated carbocycles. The molecular weight excluding hydrogens is 236 g/mol. The lowest BCUT2D eigenvalue weighted by molar-refractivity contribution is 0.237. The lowest BCUT2D eigenvalue weighted by Crippen LogP contribution is -2.27. The maximum absolute atomic E-state index is 5.91. The van der Waals surface area contributed by atoms with E-state index in [1.165, 1.54) is 50.0 Å². The molecule has 0 aromatic heterocycles. The lowest BCUT2D eigenvalue weighted by atomic mass is 10.00. The van der Waals surface area contributed by atoms with Crippen LogP contribution in [0.5, 0.6) is 5.75 Å². The summed E-state index contributed by atoms with van der Waals surface area (Å²) >= 11 is 0. The summed E-state index contributed by atoms with van der Waals surface area (Å²) in [5, 5.41) is 0. The number of likely N-dealkylation sites (tertiary alicyclic amines) is 1. The first-order valence-corrected chi connectivity index (χ1v) is 7.47. The zero-order valence-corrected chi connectivity index (χ0v) is 11.9. The van der Waals surface area contributed by atoms with Crippen molar-refractivity contribution in [3.8, 4) is 5.75 Å². The fourth-order valence-corrected chi connectivity index (χ4v) is 3.06. The fraction of sp³-hybridized carbons (Fsp3) is 0.625. The summed E-state index contributed by atoms with van der Waals surface area (Å²) in [5.41, 5.74) is 2.93. The largest absolute Gasteiger partial charge is 0.492 e. The number of nitrogens with zero attached hydrogens (tertiary/aromatic N) is 2. The molecule has 19 heavy (non-hydrogen) atoms. The van der Waals surface area contributed by atoms with E-state index in [1.807, 2.05) is 0 Å². The third-order valence-electron chi connectivity index (χ3n) is 4.26.